The number of carbonyl (C=O) groups is 2. The van der Waals surface area contributed by atoms with Gasteiger partial charge in [-0.05, 0) is 24.3 Å². The Kier molecular flexibility index (Phi) is 6.08. The maximum absolute atomic E-state index is 13.0. The van der Waals surface area contributed by atoms with E-state index in [1.807, 2.05) is 18.2 Å². The molecule has 2 aromatic rings. The van der Waals surface area contributed by atoms with Gasteiger partial charge in [0.05, 0.1) is 11.3 Å². The molecule has 1 saturated heterocycles. The lowest BCUT2D eigenvalue weighted by atomic mass is 10.1. The Labute approximate surface area is 168 Å². The number of nitrogens with zero attached hydrogens (tertiary/aromatic N) is 4. The quantitative estimate of drug-likeness (QED) is 0.514. The van der Waals surface area contributed by atoms with Gasteiger partial charge < -0.3 is 27.0 Å². The van der Waals surface area contributed by atoms with Gasteiger partial charge in [-0.15, -0.1) is 0 Å². The molecule has 0 saturated carbocycles. The van der Waals surface area contributed by atoms with Gasteiger partial charge in [-0.25, -0.2) is 4.99 Å². The van der Waals surface area contributed by atoms with E-state index in [0.717, 1.165) is 0 Å². The van der Waals surface area contributed by atoms with Crippen LogP contribution in [0.4, 0.5) is 5.69 Å². The van der Waals surface area contributed by atoms with Crippen molar-refractivity contribution < 1.29 is 9.59 Å². The van der Waals surface area contributed by atoms with Gasteiger partial charge in [0.2, 0.25) is 5.96 Å². The van der Waals surface area contributed by atoms with E-state index in [9.17, 15) is 9.59 Å². The lowest BCUT2D eigenvalue weighted by molar-refractivity contribution is 0.0536. The molecule has 0 aliphatic carbocycles. The molecule has 6 N–H and O–H groups in total. The summed E-state index contributed by atoms with van der Waals surface area (Å²) in [7, 11) is 0. The fraction of sp³-hybridized carbons (Fsp3) is 0.200. The number of amides is 2. The van der Waals surface area contributed by atoms with Crippen LogP contribution in [0.3, 0.4) is 0 Å². The molecule has 9 nitrogen and oxygen atoms in total. The van der Waals surface area contributed by atoms with Crippen LogP contribution in [0.25, 0.3) is 0 Å². The summed E-state index contributed by atoms with van der Waals surface area (Å²) in [4.78, 5) is 36.8. The molecule has 0 aromatic heterocycles. The van der Waals surface area contributed by atoms with E-state index in [0.29, 0.717) is 43.0 Å². The summed E-state index contributed by atoms with van der Waals surface area (Å²) in [6, 6.07) is 15.9. The highest BCUT2D eigenvalue weighted by Crippen LogP contribution is 2.21. The number of guanidine groups is 2. The first-order valence-corrected chi connectivity index (χ1v) is 9.12. The molecule has 1 aliphatic rings. The topological polar surface area (TPSA) is 143 Å². The smallest absolute Gasteiger partial charge is 0.256 e. The van der Waals surface area contributed by atoms with Gasteiger partial charge in [-0.1, -0.05) is 30.3 Å². The molecule has 9 heteroatoms. The van der Waals surface area contributed by atoms with Gasteiger partial charge >= 0.3 is 0 Å². The number of hydrogen-bond acceptors (Lipinski definition) is 3. The largest absolute Gasteiger partial charge is 0.370 e. The maximum Gasteiger partial charge on any atom is 0.256 e. The number of rotatable bonds is 3. The first kappa shape index (κ1) is 19.9. The Hall–Kier alpha value is -3.88. The van der Waals surface area contributed by atoms with Gasteiger partial charge in [0.1, 0.15) is 0 Å². The van der Waals surface area contributed by atoms with E-state index in [1.165, 1.54) is 0 Å². The summed E-state index contributed by atoms with van der Waals surface area (Å²) in [5.74, 6) is -0.570. The Bertz CT molecular complexity index is 944. The third-order valence-corrected chi connectivity index (χ3v) is 4.49. The summed E-state index contributed by atoms with van der Waals surface area (Å²) in [5.41, 5.74) is 17.7. The first-order chi connectivity index (χ1) is 14.0. The number of nitrogens with two attached hydrogens (primary N) is 3. The standard InChI is InChI=1S/C20H23N7O2/c21-19(22)25-20(23)24-16-9-5-4-8-15(16)18(29)27-12-10-26(11-13-27)17(28)14-6-2-1-3-7-14/h1-9H,10-13H2,(H6,21,22,23,24,25). The highest BCUT2D eigenvalue weighted by molar-refractivity contribution is 6.01. The van der Waals surface area contributed by atoms with Crippen LogP contribution in [0.2, 0.25) is 0 Å². The molecule has 0 spiro atoms. The molecule has 1 aliphatic heterocycles. The summed E-state index contributed by atoms with van der Waals surface area (Å²) >= 11 is 0. The Morgan fingerprint density at radius 1 is 0.759 bits per heavy atom. The first-order valence-electron chi connectivity index (χ1n) is 9.12. The molecule has 1 heterocycles. The van der Waals surface area contributed by atoms with Crippen LogP contribution >= 0.6 is 0 Å². The second-order valence-electron chi connectivity index (χ2n) is 6.47. The fourth-order valence-electron chi connectivity index (χ4n) is 3.08. The van der Waals surface area contributed by atoms with Gasteiger partial charge in [-0.2, -0.15) is 4.99 Å². The number of piperazine rings is 1. The second-order valence-corrected chi connectivity index (χ2v) is 6.47. The Morgan fingerprint density at radius 3 is 1.93 bits per heavy atom. The molecule has 150 valence electrons. The molecule has 0 atom stereocenters. The minimum atomic E-state index is -0.214. The molecular weight excluding hydrogens is 370 g/mol. The van der Waals surface area contributed by atoms with Gasteiger partial charge in [0, 0.05) is 31.7 Å². The van der Waals surface area contributed by atoms with Gasteiger partial charge in [0.25, 0.3) is 11.8 Å². The van der Waals surface area contributed by atoms with Crippen molar-refractivity contribution in [3.63, 3.8) is 0 Å². The van der Waals surface area contributed by atoms with Crippen LogP contribution in [0.15, 0.2) is 64.6 Å². The third kappa shape index (κ3) is 4.89. The Morgan fingerprint density at radius 2 is 1.31 bits per heavy atom. The van der Waals surface area contributed by atoms with E-state index >= 15 is 0 Å². The normalized spacial score (nSPS) is 14.4. The zero-order valence-electron chi connectivity index (χ0n) is 15.9. The summed E-state index contributed by atoms with van der Waals surface area (Å²) < 4.78 is 0. The van der Waals surface area contributed by atoms with E-state index in [4.69, 9.17) is 17.2 Å². The predicted octanol–water partition coefficient (Wildman–Crippen LogP) is 0.504. The molecule has 0 radical (unpaired) electrons. The number of benzene rings is 2. The van der Waals surface area contributed by atoms with Crippen molar-refractivity contribution in [2.45, 2.75) is 0 Å². The zero-order valence-corrected chi connectivity index (χ0v) is 15.9. The molecule has 3 rings (SSSR count). The summed E-state index contributed by atoms with van der Waals surface area (Å²) in [5, 5.41) is 0. The van der Waals surface area contributed by atoms with E-state index in [1.54, 1.807) is 46.2 Å². The van der Waals surface area contributed by atoms with Crippen LogP contribution in [-0.4, -0.2) is 59.7 Å². The van der Waals surface area contributed by atoms with E-state index in [2.05, 4.69) is 9.98 Å². The van der Waals surface area contributed by atoms with Gasteiger partial charge in [-0.3, -0.25) is 9.59 Å². The predicted molar refractivity (Wildman–Crippen MR) is 112 cm³/mol. The monoisotopic (exact) mass is 393 g/mol. The zero-order chi connectivity index (χ0) is 20.8. The molecule has 2 aromatic carbocycles. The average molecular weight is 393 g/mol. The van der Waals surface area contributed by atoms with Crippen molar-refractivity contribution in [1.29, 1.82) is 0 Å². The maximum atomic E-state index is 13.0. The minimum absolute atomic E-state index is 0.0345. The van der Waals surface area contributed by atoms with Crippen molar-refractivity contribution in [1.82, 2.24) is 9.80 Å². The molecule has 0 bridgehead atoms. The molecular formula is C20H23N7O2. The molecule has 0 unspecified atom stereocenters. The van der Waals surface area contributed by atoms with E-state index < -0.39 is 0 Å². The van der Waals surface area contributed by atoms with Crippen LogP contribution in [0, 0.1) is 0 Å². The van der Waals surface area contributed by atoms with Crippen molar-refractivity contribution in [3.05, 3.63) is 65.7 Å². The fourth-order valence-corrected chi connectivity index (χ4v) is 3.08. The third-order valence-electron chi connectivity index (χ3n) is 4.49. The average Bonchev–Trinajstić information content (AvgIpc) is 2.73. The molecule has 29 heavy (non-hydrogen) atoms. The number of aliphatic imine (C=N–C) groups is 2. The van der Waals surface area contributed by atoms with Crippen molar-refractivity contribution in [3.8, 4) is 0 Å². The number of para-hydroxylation sites is 1. The van der Waals surface area contributed by atoms with Crippen LogP contribution in [-0.2, 0) is 0 Å². The van der Waals surface area contributed by atoms with Crippen LogP contribution in [0.5, 0.6) is 0 Å². The lowest BCUT2D eigenvalue weighted by Crippen LogP contribution is -2.50. The number of carbonyl (C=O) groups excluding carboxylic acids is 2. The lowest BCUT2D eigenvalue weighted by Gasteiger charge is -2.35. The van der Waals surface area contributed by atoms with Crippen molar-refractivity contribution in [2.75, 3.05) is 26.2 Å². The minimum Gasteiger partial charge on any atom is -0.370 e. The van der Waals surface area contributed by atoms with E-state index in [-0.39, 0.29) is 23.7 Å². The van der Waals surface area contributed by atoms with Crippen molar-refractivity contribution >= 4 is 29.4 Å². The highest BCUT2D eigenvalue weighted by atomic mass is 16.2. The van der Waals surface area contributed by atoms with Crippen LogP contribution in [0.1, 0.15) is 20.7 Å². The molecule has 1 fully saturated rings. The summed E-state index contributed by atoms with van der Waals surface area (Å²) in [6.07, 6.45) is 0. The van der Waals surface area contributed by atoms with Gasteiger partial charge in [0.15, 0.2) is 5.96 Å². The highest BCUT2D eigenvalue weighted by Gasteiger charge is 2.26. The number of hydrogen-bond donors (Lipinski definition) is 3. The summed E-state index contributed by atoms with van der Waals surface area (Å²) in [6.45, 7) is 1.78. The van der Waals surface area contributed by atoms with Crippen LogP contribution < -0.4 is 17.2 Å². The second kappa shape index (κ2) is 8.87. The Balaban J connectivity index is 1.70. The SMILES string of the molecule is NC(N)=NC(N)=Nc1ccccc1C(=O)N1CCN(C(=O)c2ccccc2)CC1. The van der Waals surface area contributed by atoms with Crippen molar-refractivity contribution in [2.24, 2.45) is 27.2 Å². The molecule has 2 amide bonds.